The monoisotopic (exact) mass is 305 g/mol. The number of thioether (sulfide) groups is 1. The smallest absolute Gasteiger partial charge is 0.137 e. The number of hydrogen-bond donors (Lipinski definition) is 1. The summed E-state index contributed by atoms with van der Waals surface area (Å²) in [6.07, 6.45) is 0.917. The summed E-state index contributed by atoms with van der Waals surface area (Å²) in [5, 5.41) is 3.44. The molecule has 0 saturated carbocycles. The summed E-state index contributed by atoms with van der Waals surface area (Å²) in [6.45, 7) is 1.94. The van der Waals surface area contributed by atoms with Crippen LogP contribution in [-0.2, 0) is 0 Å². The van der Waals surface area contributed by atoms with E-state index in [0.29, 0.717) is 5.56 Å². The minimum atomic E-state index is -0.206. The van der Waals surface area contributed by atoms with Crippen molar-refractivity contribution in [2.75, 3.05) is 5.75 Å². The van der Waals surface area contributed by atoms with Crippen LogP contribution in [0.25, 0.3) is 0 Å². The molecule has 110 valence electrons. The summed E-state index contributed by atoms with van der Waals surface area (Å²) >= 11 is 1.56. The molecule has 1 nitrogen and oxygen atoms in total. The van der Waals surface area contributed by atoms with Gasteiger partial charge in [0.25, 0.3) is 0 Å². The molecule has 0 amide bonds. The van der Waals surface area contributed by atoms with E-state index in [2.05, 4.69) is 5.32 Å². The van der Waals surface area contributed by atoms with Gasteiger partial charge in [0.2, 0.25) is 0 Å². The molecular formula is C17H17F2NS. The molecule has 1 unspecified atom stereocenters. The zero-order valence-corrected chi connectivity index (χ0v) is 12.6. The molecule has 1 heterocycles. The number of halogens is 2. The molecule has 0 fully saturated rings. The van der Waals surface area contributed by atoms with Gasteiger partial charge in [-0.2, -0.15) is 0 Å². The molecule has 1 aliphatic rings. The summed E-state index contributed by atoms with van der Waals surface area (Å²) in [4.78, 5) is 0.724. The maximum absolute atomic E-state index is 13.9. The van der Waals surface area contributed by atoms with Crippen molar-refractivity contribution >= 4 is 11.8 Å². The van der Waals surface area contributed by atoms with E-state index in [4.69, 9.17) is 0 Å². The fourth-order valence-electron chi connectivity index (χ4n) is 2.78. The lowest BCUT2D eigenvalue weighted by atomic mass is 10.0. The van der Waals surface area contributed by atoms with Crippen LogP contribution >= 0.6 is 11.8 Å². The molecular weight excluding hydrogens is 288 g/mol. The second kappa shape index (κ2) is 6.16. The first-order valence-corrected chi connectivity index (χ1v) is 8.07. The minimum Gasteiger partial charge on any atom is -0.303 e. The van der Waals surface area contributed by atoms with Gasteiger partial charge in [0.15, 0.2) is 0 Å². The van der Waals surface area contributed by atoms with Crippen molar-refractivity contribution in [3.8, 4) is 0 Å². The van der Waals surface area contributed by atoms with E-state index in [-0.39, 0.29) is 23.7 Å². The van der Waals surface area contributed by atoms with Crippen molar-refractivity contribution in [2.45, 2.75) is 30.3 Å². The Labute approximate surface area is 127 Å². The maximum atomic E-state index is 13.9. The molecule has 4 heteroatoms. The Hall–Kier alpha value is -1.39. The third-order valence-corrected chi connectivity index (χ3v) is 5.01. The molecule has 3 rings (SSSR count). The highest BCUT2D eigenvalue weighted by Crippen LogP contribution is 2.38. The quantitative estimate of drug-likeness (QED) is 0.869. The van der Waals surface area contributed by atoms with Crippen LogP contribution in [0.4, 0.5) is 8.78 Å². The first-order valence-electron chi connectivity index (χ1n) is 7.08. The zero-order chi connectivity index (χ0) is 14.8. The van der Waals surface area contributed by atoms with E-state index in [9.17, 15) is 8.78 Å². The summed E-state index contributed by atoms with van der Waals surface area (Å²) < 4.78 is 27.7. The molecule has 0 aliphatic carbocycles. The van der Waals surface area contributed by atoms with E-state index < -0.39 is 0 Å². The van der Waals surface area contributed by atoms with E-state index >= 15 is 0 Å². The van der Waals surface area contributed by atoms with Gasteiger partial charge in [0.05, 0.1) is 0 Å². The first-order chi connectivity index (χ1) is 10.2. The van der Waals surface area contributed by atoms with E-state index in [0.717, 1.165) is 22.6 Å². The molecule has 0 spiro atoms. The van der Waals surface area contributed by atoms with Gasteiger partial charge in [-0.15, -0.1) is 11.8 Å². The van der Waals surface area contributed by atoms with Crippen molar-refractivity contribution in [3.63, 3.8) is 0 Å². The summed E-state index contributed by atoms with van der Waals surface area (Å²) in [7, 11) is 0. The highest BCUT2D eigenvalue weighted by atomic mass is 32.2. The predicted octanol–water partition coefficient (Wildman–Crippen LogP) is 4.85. The Morgan fingerprint density at radius 3 is 2.67 bits per heavy atom. The summed E-state index contributed by atoms with van der Waals surface area (Å²) in [5.74, 6) is 0.500. The van der Waals surface area contributed by atoms with Crippen molar-refractivity contribution in [1.29, 1.82) is 0 Å². The average molecular weight is 305 g/mol. The Kier molecular flexibility index (Phi) is 4.27. The van der Waals surface area contributed by atoms with Crippen LogP contribution in [0, 0.1) is 11.6 Å². The van der Waals surface area contributed by atoms with Crippen LogP contribution < -0.4 is 5.32 Å². The van der Waals surface area contributed by atoms with Gasteiger partial charge >= 0.3 is 0 Å². The number of rotatable bonds is 3. The Morgan fingerprint density at radius 2 is 1.86 bits per heavy atom. The molecule has 2 aromatic carbocycles. The third kappa shape index (κ3) is 2.97. The van der Waals surface area contributed by atoms with Gasteiger partial charge in [-0.3, -0.25) is 0 Å². The second-order valence-electron chi connectivity index (χ2n) is 5.26. The average Bonchev–Trinajstić information content (AvgIpc) is 2.49. The minimum absolute atomic E-state index is 0.0616. The van der Waals surface area contributed by atoms with Gasteiger partial charge < -0.3 is 5.32 Å². The number of fused-ring (bicyclic) bond motifs is 1. The van der Waals surface area contributed by atoms with Gasteiger partial charge in [0.1, 0.15) is 11.6 Å². The molecule has 1 N–H and O–H groups in total. The van der Waals surface area contributed by atoms with Crippen LogP contribution in [0.15, 0.2) is 47.4 Å². The van der Waals surface area contributed by atoms with Crippen LogP contribution in [0.3, 0.4) is 0 Å². The van der Waals surface area contributed by atoms with E-state index in [1.54, 1.807) is 30.0 Å². The maximum Gasteiger partial charge on any atom is 0.137 e. The van der Waals surface area contributed by atoms with Crippen LogP contribution in [0.2, 0.25) is 0 Å². The topological polar surface area (TPSA) is 12.0 Å². The molecule has 0 bridgehead atoms. The van der Waals surface area contributed by atoms with Crippen LogP contribution in [0.1, 0.15) is 36.6 Å². The standard InChI is InChI=1S/C17H17F2NS/c1-11(12-5-2-3-7-14(12)18)20-16-9-10-21-17-13(16)6-4-8-15(17)19/h2-8,11,16,20H,9-10H2,1H3/t11-,16?/m1/s1. The lowest BCUT2D eigenvalue weighted by molar-refractivity contribution is 0.432. The summed E-state index contributed by atoms with van der Waals surface area (Å²) in [6, 6.07) is 11.9. The fraction of sp³-hybridized carbons (Fsp3) is 0.294. The molecule has 0 aromatic heterocycles. The molecule has 2 atom stereocenters. The highest BCUT2D eigenvalue weighted by Gasteiger charge is 2.25. The first kappa shape index (κ1) is 14.5. The lowest BCUT2D eigenvalue weighted by Gasteiger charge is -2.29. The Balaban J connectivity index is 1.84. The van der Waals surface area contributed by atoms with Crippen molar-refractivity contribution in [2.24, 2.45) is 0 Å². The third-order valence-electron chi connectivity index (χ3n) is 3.85. The number of nitrogens with one attached hydrogen (secondary N) is 1. The predicted molar refractivity (Wildman–Crippen MR) is 82.4 cm³/mol. The van der Waals surface area contributed by atoms with Gasteiger partial charge in [0, 0.05) is 22.5 Å². The van der Waals surface area contributed by atoms with Gasteiger partial charge in [-0.1, -0.05) is 30.3 Å². The molecule has 2 aromatic rings. The highest BCUT2D eigenvalue weighted by molar-refractivity contribution is 7.99. The molecule has 0 radical (unpaired) electrons. The Bertz CT molecular complexity index is 644. The normalized spacial score (nSPS) is 19.1. The zero-order valence-electron chi connectivity index (χ0n) is 11.8. The number of benzene rings is 2. The van der Waals surface area contributed by atoms with E-state index in [1.165, 1.54) is 12.1 Å². The second-order valence-corrected chi connectivity index (χ2v) is 6.36. The van der Waals surface area contributed by atoms with E-state index in [1.807, 2.05) is 19.1 Å². The SMILES string of the molecule is C[C@@H](NC1CCSc2c(F)cccc21)c1ccccc1F. The number of hydrogen-bond acceptors (Lipinski definition) is 2. The van der Waals surface area contributed by atoms with Gasteiger partial charge in [-0.25, -0.2) is 8.78 Å². The van der Waals surface area contributed by atoms with Crippen LogP contribution in [0.5, 0.6) is 0 Å². The largest absolute Gasteiger partial charge is 0.303 e. The summed E-state index contributed by atoms with van der Waals surface area (Å²) in [5.41, 5.74) is 1.63. The molecule has 1 aliphatic heterocycles. The van der Waals surface area contributed by atoms with Crippen molar-refractivity contribution in [3.05, 3.63) is 65.2 Å². The van der Waals surface area contributed by atoms with Gasteiger partial charge in [-0.05, 0) is 36.8 Å². The molecule has 21 heavy (non-hydrogen) atoms. The van der Waals surface area contributed by atoms with Crippen molar-refractivity contribution < 1.29 is 8.78 Å². The Morgan fingerprint density at radius 1 is 1.10 bits per heavy atom. The van der Waals surface area contributed by atoms with Crippen molar-refractivity contribution in [1.82, 2.24) is 5.32 Å². The lowest BCUT2D eigenvalue weighted by Crippen LogP contribution is -2.28. The fourth-order valence-corrected chi connectivity index (χ4v) is 3.92. The molecule has 0 saturated heterocycles. The van der Waals surface area contributed by atoms with Crippen LogP contribution in [-0.4, -0.2) is 5.75 Å².